The molecular weight excluding hydrogens is 358 g/mol. The van der Waals surface area contributed by atoms with Crippen molar-refractivity contribution in [1.29, 1.82) is 0 Å². The van der Waals surface area contributed by atoms with Crippen LogP contribution in [0.4, 0.5) is 5.69 Å². The van der Waals surface area contributed by atoms with E-state index in [-0.39, 0.29) is 30.9 Å². The summed E-state index contributed by atoms with van der Waals surface area (Å²) in [6.45, 7) is 2.12. The van der Waals surface area contributed by atoms with Crippen molar-refractivity contribution in [1.82, 2.24) is 5.32 Å². The largest absolute Gasteiger partial charge is 0.495 e. The van der Waals surface area contributed by atoms with Crippen molar-refractivity contribution < 1.29 is 23.6 Å². The average molecular weight is 381 g/mol. The summed E-state index contributed by atoms with van der Waals surface area (Å²) in [7, 11) is 3.28. The first-order valence-corrected chi connectivity index (χ1v) is 8.54. The van der Waals surface area contributed by atoms with Crippen LogP contribution in [-0.2, 0) is 9.59 Å². The number of ether oxygens (including phenoxy) is 1. The molecule has 0 saturated carbocycles. The number of carbonyl (C=O) groups is 2. The van der Waals surface area contributed by atoms with E-state index in [1.807, 2.05) is 6.92 Å². The Labute approximate surface area is 157 Å². The predicted octanol–water partition coefficient (Wildman–Crippen LogP) is 1.27. The monoisotopic (exact) mass is 380 g/mol. The van der Waals surface area contributed by atoms with E-state index in [1.54, 1.807) is 43.6 Å². The van der Waals surface area contributed by atoms with Crippen molar-refractivity contribution in [3.05, 3.63) is 47.4 Å². The SMILES string of the molecule is COc1ccc(Cl)cc1NC(=O)C[NH+](C)CC(=O)N[C@H](C)c1ccco1. The lowest BCUT2D eigenvalue weighted by atomic mass is 10.2. The van der Waals surface area contributed by atoms with E-state index in [4.69, 9.17) is 20.8 Å². The second-order valence-corrected chi connectivity index (χ2v) is 6.44. The molecule has 2 aromatic rings. The van der Waals surface area contributed by atoms with Crippen LogP contribution in [0, 0.1) is 0 Å². The number of halogens is 1. The van der Waals surface area contributed by atoms with E-state index in [0.29, 0.717) is 22.2 Å². The molecule has 1 aromatic carbocycles. The molecule has 1 heterocycles. The summed E-state index contributed by atoms with van der Waals surface area (Å²) in [6.07, 6.45) is 1.56. The third kappa shape index (κ3) is 5.79. The molecule has 0 bridgehead atoms. The fraction of sp³-hybridized carbons (Fsp3) is 0.333. The Morgan fingerprint density at radius 2 is 2.00 bits per heavy atom. The number of amides is 2. The lowest BCUT2D eigenvalue weighted by Crippen LogP contribution is -3.11. The Kier molecular flexibility index (Phi) is 7.06. The minimum atomic E-state index is -0.241. The quantitative estimate of drug-likeness (QED) is 0.644. The summed E-state index contributed by atoms with van der Waals surface area (Å²) in [5.41, 5.74) is 0.494. The van der Waals surface area contributed by atoms with Gasteiger partial charge in [-0.2, -0.15) is 0 Å². The summed E-state index contributed by atoms with van der Waals surface area (Å²) in [4.78, 5) is 25.1. The first-order valence-electron chi connectivity index (χ1n) is 8.16. The first kappa shape index (κ1) is 19.8. The van der Waals surface area contributed by atoms with Crippen LogP contribution >= 0.6 is 11.6 Å². The molecular formula is C18H23ClN3O4+. The molecule has 140 valence electrons. The second-order valence-electron chi connectivity index (χ2n) is 6.01. The molecule has 2 rings (SSSR count). The average Bonchev–Trinajstić information content (AvgIpc) is 3.09. The van der Waals surface area contributed by atoms with Gasteiger partial charge in [-0.1, -0.05) is 11.6 Å². The Hall–Kier alpha value is -2.51. The number of furan rings is 1. The number of benzene rings is 1. The highest BCUT2D eigenvalue weighted by Crippen LogP contribution is 2.27. The molecule has 0 spiro atoms. The van der Waals surface area contributed by atoms with Gasteiger partial charge in [0.05, 0.1) is 32.1 Å². The molecule has 8 heteroatoms. The molecule has 0 aliphatic rings. The van der Waals surface area contributed by atoms with Crippen LogP contribution < -0.4 is 20.3 Å². The minimum absolute atomic E-state index is 0.123. The number of quaternary nitrogens is 1. The third-order valence-corrected chi connectivity index (χ3v) is 3.94. The molecule has 0 fully saturated rings. The molecule has 0 aliphatic carbocycles. The van der Waals surface area contributed by atoms with E-state index in [0.717, 1.165) is 4.90 Å². The van der Waals surface area contributed by atoms with Gasteiger partial charge in [0.25, 0.3) is 11.8 Å². The van der Waals surface area contributed by atoms with Crippen LogP contribution in [-0.4, -0.2) is 39.1 Å². The number of hydrogen-bond acceptors (Lipinski definition) is 4. The number of anilines is 1. The lowest BCUT2D eigenvalue weighted by molar-refractivity contribution is -0.862. The van der Waals surface area contributed by atoms with Gasteiger partial charge in [0.1, 0.15) is 11.5 Å². The Morgan fingerprint density at radius 3 is 2.65 bits per heavy atom. The van der Waals surface area contributed by atoms with Crippen LogP contribution in [0.1, 0.15) is 18.7 Å². The van der Waals surface area contributed by atoms with Gasteiger partial charge < -0.3 is 24.7 Å². The Balaban J connectivity index is 1.83. The van der Waals surface area contributed by atoms with Crippen molar-refractivity contribution in [2.75, 3.05) is 32.6 Å². The van der Waals surface area contributed by atoms with Crippen LogP contribution in [0.15, 0.2) is 41.0 Å². The maximum atomic E-state index is 12.2. The van der Waals surface area contributed by atoms with Crippen molar-refractivity contribution in [2.45, 2.75) is 13.0 Å². The molecule has 1 aromatic heterocycles. The number of likely N-dealkylation sites (N-methyl/N-ethyl adjacent to an activating group) is 1. The number of methoxy groups -OCH3 is 1. The molecule has 2 atom stereocenters. The van der Waals surface area contributed by atoms with Gasteiger partial charge in [-0.3, -0.25) is 9.59 Å². The Bertz CT molecular complexity index is 749. The van der Waals surface area contributed by atoms with Gasteiger partial charge in [-0.15, -0.1) is 0 Å². The first-order chi connectivity index (χ1) is 12.4. The minimum Gasteiger partial charge on any atom is -0.495 e. The predicted molar refractivity (Wildman–Crippen MR) is 98.5 cm³/mol. The van der Waals surface area contributed by atoms with E-state index in [2.05, 4.69) is 10.6 Å². The molecule has 0 aliphatic heterocycles. The van der Waals surface area contributed by atoms with E-state index in [9.17, 15) is 9.59 Å². The van der Waals surface area contributed by atoms with Gasteiger partial charge in [-0.25, -0.2) is 0 Å². The summed E-state index contributed by atoms with van der Waals surface area (Å²) < 4.78 is 10.5. The van der Waals surface area contributed by atoms with Crippen molar-refractivity contribution in [3.63, 3.8) is 0 Å². The topological polar surface area (TPSA) is 85.0 Å². The van der Waals surface area contributed by atoms with Crippen LogP contribution in [0.2, 0.25) is 5.02 Å². The molecule has 26 heavy (non-hydrogen) atoms. The number of nitrogens with one attached hydrogen (secondary N) is 3. The molecule has 1 unspecified atom stereocenters. The maximum Gasteiger partial charge on any atom is 0.279 e. The van der Waals surface area contributed by atoms with E-state index >= 15 is 0 Å². The van der Waals surface area contributed by atoms with E-state index in [1.165, 1.54) is 7.11 Å². The summed E-state index contributed by atoms with van der Waals surface area (Å²) >= 11 is 5.95. The lowest BCUT2D eigenvalue weighted by Gasteiger charge is -2.16. The normalized spacial score (nSPS) is 12.9. The number of rotatable bonds is 8. The maximum absolute atomic E-state index is 12.2. The standard InChI is InChI=1S/C18H22ClN3O4/c1-12(15-5-4-8-26-15)20-17(23)10-22(2)11-18(24)21-14-9-13(19)6-7-16(14)25-3/h4-9,12H,10-11H2,1-3H3,(H,20,23)(H,21,24)/p+1/t12-/m1/s1. The molecule has 3 N–H and O–H groups in total. The molecule has 2 amide bonds. The smallest absolute Gasteiger partial charge is 0.279 e. The zero-order valence-corrected chi connectivity index (χ0v) is 15.7. The van der Waals surface area contributed by atoms with Gasteiger partial charge in [-0.05, 0) is 37.3 Å². The molecule has 7 nitrogen and oxygen atoms in total. The molecule has 0 saturated heterocycles. The van der Waals surface area contributed by atoms with E-state index < -0.39 is 0 Å². The summed E-state index contributed by atoms with van der Waals surface area (Å²) in [6, 6.07) is 8.31. The Morgan fingerprint density at radius 1 is 1.27 bits per heavy atom. The second kappa shape index (κ2) is 9.26. The van der Waals surface area contributed by atoms with Gasteiger partial charge in [0.2, 0.25) is 0 Å². The fourth-order valence-electron chi connectivity index (χ4n) is 2.48. The van der Waals surface area contributed by atoms with Gasteiger partial charge in [0, 0.05) is 5.02 Å². The fourth-order valence-corrected chi connectivity index (χ4v) is 2.66. The highest BCUT2D eigenvalue weighted by atomic mass is 35.5. The zero-order valence-electron chi connectivity index (χ0n) is 15.0. The molecule has 0 radical (unpaired) electrons. The number of hydrogen-bond donors (Lipinski definition) is 3. The summed E-state index contributed by atoms with van der Waals surface area (Å²) in [5, 5.41) is 6.09. The van der Waals surface area contributed by atoms with Crippen molar-refractivity contribution in [3.8, 4) is 5.75 Å². The highest BCUT2D eigenvalue weighted by molar-refractivity contribution is 6.31. The zero-order chi connectivity index (χ0) is 19.1. The van der Waals surface area contributed by atoms with Crippen LogP contribution in [0.5, 0.6) is 5.75 Å². The van der Waals surface area contributed by atoms with Crippen LogP contribution in [0.3, 0.4) is 0 Å². The number of carbonyl (C=O) groups excluding carboxylic acids is 2. The van der Waals surface area contributed by atoms with Crippen LogP contribution in [0.25, 0.3) is 0 Å². The van der Waals surface area contributed by atoms with Crippen molar-refractivity contribution in [2.24, 2.45) is 0 Å². The van der Waals surface area contributed by atoms with Gasteiger partial charge in [0.15, 0.2) is 13.1 Å². The van der Waals surface area contributed by atoms with Crippen molar-refractivity contribution >= 4 is 29.1 Å². The third-order valence-electron chi connectivity index (χ3n) is 3.71. The highest BCUT2D eigenvalue weighted by Gasteiger charge is 2.18. The summed E-state index contributed by atoms with van der Waals surface area (Å²) in [5.74, 6) is 0.793. The van der Waals surface area contributed by atoms with Gasteiger partial charge >= 0.3 is 0 Å².